The second-order valence-electron chi connectivity index (χ2n) is 4.74. The number of amides is 1. The monoisotopic (exact) mass is 272 g/mol. The van der Waals surface area contributed by atoms with E-state index in [1.807, 2.05) is 0 Å². The maximum atomic E-state index is 12.7. The molecular formula is C13H15F3N2O. The van der Waals surface area contributed by atoms with E-state index in [1.165, 1.54) is 6.07 Å². The summed E-state index contributed by atoms with van der Waals surface area (Å²) in [6.07, 6.45) is -1.85. The lowest BCUT2D eigenvalue weighted by Crippen LogP contribution is -2.28. The molecule has 1 amide bonds. The van der Waals surface area contributed by atoms with Gasteiger partial charge in [0.1, 0.15) is 0 Å². The first-order valence-corrected chi connectivity index (χ1v) is 6.12. The van der Waals surface area contributed by atoms with Gasteiger partial charge in [0.25, 0.3) is 0 Å². The second kappa shape index (κ2) is 5.21. The Morgan fingerprint density at radius 1 is 1.32 bits per heavy atom. The van der Waals surface area contributed by atoms with Crippen LogP contribution in [0.1, 0.15) is 30.4 Å². The van der Waals surface area contributed by atoms with Gasteiger partial charge < -0.3 is 11.1 Å². The predicted molar refractivity (Wildman–Crippen MR) is 65.3 cm³/mol. The average Bonchev–Trinajstić information content (AvgIpc) is 2.24. The van der Waals surface area contributed by atoms with Gasteiger partial charge in [-0.15, -0.1) is 0 Å². The maximum Gasteiger partial charge on any atom is 0.416 e. The minimum absolute atomic E-state index is 0.00375. The lowest BCUT2D eigenvalue weighted by molar-refractivity contribution is -0.137. The highest BCUT2D eigenvalue weighted by atomic mass is 19.4. The second-order valence-corrected chi connectivity index (χ2v) is 4.74. The Balaban J connectivity index is 2.21. The molecule has 1 fully saturated rings. The van der Waals surface area contributed by atoms with Crippen LogP contribution in [0.5, 0.6) is 0 Å². The molecule has 0 spiro atoms. The number of hydrogen-bond donors (Lipinski definition) is 2. The molecule has 0 heterocycles. The van der Waals surface area contributed by atoms with E-state index in [0.717, 1.165) is 31.4 Å². The summed E-state index contributed by atoms with van der Waals surface area (Å²) in [7, 11) is 0. The zero-order valence-corrected chi connectivity index (χ0v) is 10.3. The zero-order chi connectivity index (χ0) is 14.0. The average molecular weight is 272 g/mol. The molecule has 0 aromatic heterocycles. The van der Waals surface area contributed by atoms with E-state index in [9.17, 15) is 18.0 Å². The molecule has 0 atom stereocenters. The van der Waals surface area contributed by atoms with Crippen LogP contribution in [0.2, 0.25) is 0 Å². The van der Waals surface area contributed by atoms with Gasteiger partial charge in [0.15, 0.2) is 0 Å². The molecule has 104 valence electrons. The summed E-state index contributed by atoms with van der Waals surface area (Å²) in [5.41, 5.74) is 5.09. The molecule has 6 heteroatoms. The van der Waals surface area contributed by atoms with E-state index in [1.54, 1.807) is 0 Å². The number of hydrogen-bond acceptors (Lipinski definition) is 2. The highest BCUT2D eigenvalue weighted by molar-refractivity contribution is 5.93. The van der Waals surface area contributed by atoms with Crippen LogP contribution in [-0.4, -0.2) is 5.91 Å². The summed E-state index contributed by atoms with van der Waals surface area (Å²) >= 11 is 0. The third-order valence-corrected chi connectivity index (χ3v) is 3.30. The first-order chi connectivity index (χ1) is 8.90. The van der Waals surface area contributed by atoms with Gasteiger partial charge in [-0.25, -0.2) is 0 Å². The maximum absolute atomic E-state index is 12.7. The molecule has 1 saturated carbocycles. The number of carbonyl (C=O) groups is 1. The summed E-state index contributed by atoms with van der Waals surface area (Å²) in [6, 6.07) is 3.42. The molecule has 0 bridgehead atoms. The van der Waals surface area contributed by atoms with Crippen molar-refractivity contribution < 1.29 is 18.0 Å². The number of benzene rings is 1. The van der Waals surface area contributed by atoms with Crippen LogP contribution in [0.3, 0.4) is 0 Å². The van der Waals surface area contributed by atoms with Crippen LogP contribution in [0.25, 0.3) is 0 Å². The molecular weight excluding hydrogens is 257 g/mol. The summed E-state index contributed by atoms with van der Waals surface area (Å²) in [5, 5.41) is 2.54. The zero-order valence-electron chi connectivity index (χ0n) is 10.3. The fourth-order valence-electron chi connectivity index (χ4n) is 1.96. The van der Waals surface area contributed by atoms with Crippen LogP contribution in [0.15, 0.2) is 18.2 Å². The van der Waals surface area contributed by atoms with Crippen molar-refractivity contribution in [1.82, 2.24) is 0 Å². The Labute approximate surface area is 109 Å². The molecule has 2 rings (SSSR count). The standard InChI is InChI=1S/C13H15F3N2O/c14-13(15,16)10-4-8(7-17)5-11(6-10)18-12(19)9-2-1-3-9/h4-6,9H,1-3,7,17H2,(H,18,19). The highest BCUT2D eigenvalue weighted by Gasteiger charge is 2.31. The fourth-order valence-corrected chi connectivity index (χ4v) is 1.96. The minimum atomic E-state index is -4.44. The van der Waals surface area contributed by atoms with E-state index in [2.05, 4.69) is 5.32 Å². The number of anilines is 1. The van der Waals surface area contributed by atoms with Crippen LogP contribution in [0.4, 0.5) is 18.9 Å². The van der Waals surface area contributed by atoms with Gasteiger partial charge in [0.05, 0.1) is 5.56 Å². The van der Waals surface area contributed by atoms with Gasteiger partial charge in [-0.05, 0) is 36.6 Å². The Morgan fingerprint density at radius 2 is 2.00 bits per heavy atom. The summed E-state index contributed by atoms with van der Waals surface area (Å²) in [4.78, 5) is 11.7. The normalized spacial score (nSPS) is 16.0. The van der Waals surface area contributed by atoms with Crippen molar-refractivity contribution in [2.75, 3.05) is 5.32 Å². The van der Waals surface area contributed by atoms with Gasteiger partial charge in [-0.3, -0.25) is 4.79 Å². The summed E-state index contributed by atoms with van der Waals surface area (Å²) in [5.74, 6) is -0.288. The fraction of sp³-hybridized carbons (Fsp3) is 0.462. The molecule has 1 aromatic carbocycles. The Bertz CT molecular complexity index is 481. The lowest BCUT2D eigenvalue weighted by atomic mass is 9.85. The number of carbonyl (C=O) groups excluding carboxylic acids is 1. The van der Waals surface area contributed by atoms with Crippen molar-refractivity contribution in [3.8, 4) is 0 Å². The number of nitrogens with one attached hydrogen (secondary N) is 1. The summed E-state index contributed by atoms with van der Waals surface area (Å²) in [6.45, 7) is -0.00375. The number of rotatable bonds is 3. The highest BCUT2D eigenvalue weighted by Crippen LogP contribution is 2.33. The van der Waals surface area contributed by atoms with Gasteiger partial charge in [-0.1, -0.05) is 6.42 Å². The largest absolute Gasteiger partial charge is 0.416 e. The van der Waals surface area contributed by atoms with Gasteiger partial charge >= 0.3 is 6.18 Å². The van der Waals surface area contributed by atoms with E-state index in [0.29, 0.717) is 5.56 Å². The van der Waals surface area contributed by atoms with Gasteiger partial charge in [0, 0.05) is 18.2 Å². The Kier molecular flexibility index (Phi) is 3.80. The Morgan fingerprint density at radius 3 is 2.47 bits per heavy atom. The third-order valence-electron chi connectivity index (χ3n) is 3.30. The molecule has 0 unspecified atom stereocenters. The Hall–Kier alpha value is -1.56. The van der Waals surface area contributed by atoms with Crippen LogP contribution < -0.4 is 11.1 Å². The van der Waals surface area contributed by atoms with E-state index < -0.39 is 11.7 Å². The summed E-state index contributed by atoms with van der Waals surface area (Å²) < 4.78 is 38.1. The lowest BCUT2D eigenvalue weighted by Gasteiger charge is -2.24. The van der Waals surface area contributed by atoms with Crippen LogP contribution in [0, 0.1) is 5.92 Å². The molecule has 3 nitrogen and oxygen atoms in total. The molecule has 0 radical (unpaired) electrons. The molecule has 1 aromatic rings. The van der Waals surface area contributed by atoms with Crippen molar-refractivity contribution in [2.45, 2.75) is 32.0 Å². The third kappa shape index (κ3) is 3.26. The van der Waals surface area contributed by atoms with Gasteiger partial charge in [-0.2, -0.15) is 13.2 Å². The first kappa shape index (κ1) is 13.9. The molecule has 3 N–H and O–H groups in total. The van der Waals surface area contributed by atoms with Crippen molar-refractivity contribution >= 4 is 11.6 Å². The van der Waals surface area contributed by atoms with E-state index in [4.69, 9.17) is 5.73 Å². The SMILES string of the molecule is NCc1cc(NC(=O)C2CCC2)cc(C(F)(F)F)c1. The number of halogens is 3. The van der Waals surface area contributed by atoms with Crippen LogP contribution in [-0.2, 0) is 17.5 Å². The van der Waals surface area contributed by atoms with Crippen molar-refractivity contribution in [3.63, 3.8) is 0 Å². The number of nitrogens with two attached hydrogens (primary N) is 1. The van der Waals surface area contributed by atoms with E-state index >= 15 is 0 Å². The minimum Gasteiger partial charge on any atom is -0.326 e. The van der Waals surface area contributed by atoms with E-state index in [-0.39, 0.29) is 24.1 Å². The first-order valence-electron chi connectivity index (χ1n) is 6.12. The smallest absolute Gasteiger partial charge is 0.326 e. The number of alkyl halides is 3. The molecule has 1 aliphatic carbocycles. The van der Waals surface area contributed by atoms with Crippen LogP contribution >= 0.6 is 0 Å². The molecule has 19 heavy (non-hydrogen) atoms. The molecule has 0 saturated heterocycles. The molecule has 0 aliphatic heterocycles. The topological polar surface area (TPSA) is 55.1 Å². The van der Waals surface area contributed by atoms with Crippen molar-refractivity contribution in [2.24, 2.45) is 11.7 Å². The predicted octanol–water partition coefficient (Wildman–Crippen LogP) is 2.90. The quantitative estimate of drug-likeness (QED) is 0.889. The van der Waals surface area contributed by atoms with Crippen molar-refractivity contribution in [3.05, 3.63) is 29.3 Å². The van der Waals surface area contributed by atoms with Gasteiger partial charge in [0.2, 0.25) is 5.91 Å². The van der Waals surface area contributed by atoms with Crippen molar-refractivity contribution in [1.29, 1.82) is 0 Å². The molecule has 1 aliphatic rings.